The van der Waals surface area contributed by atoms with Crippen LogP contribution in [0.15, 0.2) is 12.2 Å². The van der Waals surface area contributed by atoms with Gasteiger partial charge in [0.25, 0.3) is 0 Å². The van der Waals surface area contributed by atoms with E-state index in [0.717, 1.165) is 6.42 Å². The van der Waals surface area contributed by atoms with E-state index in [-0.39, 0.29) is 29.3 Å². The fraction of sp³-hybridized carbons (Fsp3) is 0.529. The maximum Gasteiger partial charge on any atom is 3.00 e. The fourth-order valence-corrected chi connectivity index (χ4v) is 4.77. The van der Waals surface area contributed by atoms with Gasteiger partial charge in [0.2, 0.25) is 0 Å². The SMILES string of the molecule is C[N-]C.C[N-]C.Cc1c(C)c(C)p(C2=[C-]CC=C2)c1C.[Ti+3]. The Morgan fingerprint density at radius 1 is 0.905 bits per heavy atom. The van der Waals surface area contributed by atoms with E-state index in [1.165, 1.54) is 16.4 Å². The Labute approximate surface area is 147 Å². The van der Waals surface area contributed by atoms with E-state index >= 15 is 0 Å². The first-order valence-corrected chi connectivity index (χ1v) is 8.19. The van der Waals surface area contributed by atoms with Gasteiger partial charge in [-0.15, -0.1) is 14.0 Å². The van der Waals surface area contributed by atoms with Gasteiger partial charge < -0.3 is 10.6 Å². The third kappa shape index (κ3) is 6.67. The Balaban J connectivity index is 0. The first kappa shape index (κ1) is 23.2. The molecule has 1 heterocycles. The van der Waals surface area contributed by atoms with Crippen molar-refractivity contribution in [1.82, 2.24) is 0 Å². The molecule has 115 valence electrons. The van der Waals surface area contributed by atoms with Crippen LogP contribution < -0.4 is 0 Å². The molecule has 1 aliphatic rings. The average Bonchev–Trinajstić information content (AvgIpc) is 2.97. The van der Waals surface area contributed by atoms with E-state index in [1.54, 1.807) is 38.8 Å². The average molecular weight is 339 g/mol. The van der Waals surface area contributed by atoms with Crippen LogP contribution in [-0.4, -0.2) is 28.2 Å². The third-order valence-electron chi connectivity index (χ3n) is 3.24. The molecule has 0 saturated heterocycles. The summed E-state index contributed by atoms with van der Waals surface area (Å²) in [6.07, 6.45) is 8.94. The zero-order valence-electron chi connectivity index (χ0n) is 14.7. The first-order chi connectivity index (χ1) is 9.45. The van der Waals surface area contributed by atoms with Gasteiger partial charge in [-0.25, -0.2) is 6.08 Å². The second kappa shape index (κ2) is 12.4. The molecule has 0 N–H and O–H groups in total. The van der Waals surface area contributed by atoms with Gasteiger partial charge in [-0.1, -0.05) is 0 Å². The Hall–Kier alpha value is -0.106. The van der Waals surface area contributed by atoms with Crippen molar-refractivity contribution in [2.45, 2.75) is 34.1 Å². The van der Waals surface area contributed by atoms with Crippen LogP contribution in [0.1, 0.15) is 28.1 Å². The Kier molecular flexibility index (Phi) is 13.7. The topological polar surface area (TPSA) is 28.2 Å². The van der Waals surface area contributed by atoms with E-state index < -0.39 is 0 Å². The van der Waals surface area contributed by atoms with Gasteiger partial charge in [-0.2, -0.15) is 39.6 Å². The van der Waals surface area contributed by atoms with E-state index in [2.05, 4.69) is 56.6 Å². The number of hydrogen-bond donors (Lipinski definition) is 0. The minimum absolute atomic E-state index is 0. The minimum Gasteiger partial charge on any atom is -0.668 e. The summed E-state index contributed by atoms with van der Waals surface area (Å²) in [4.78, 5) is 0. The van der Waals surface area contributed by atoms with E-state index in [0.29, 0.717) is 0 Å². The van der Waals surface area contributed by atoms with Gasteiger partial charge >= 0.3 is 21.7 Å². The van der Waals surface area contributed by atoms with Crippen LogP contribution in [0.25, 0.3) is 15.9 Å². The van der Waals surface area contributed by atoms with Crippen molar-refractivity contribution in [1.29, 1.82) is 0 Å². The molecule has 0 unspecified atom stereocenters. The predicted octanol–water partition coefficient (Wildman–Crippen LogP) is 5.75. The van der Waals surface area contributed by atoms with E-state index in [1.807, 2.05) is 0 Å². The van der Waals surface area contributed by atoms with Crippen LogP contribution in [0.3, 0.4) is 0 Å². The predicted molar refractivity (Wildman–Crippen MR) is 95.2 cm³/mol. The summed E-state index contributed by atoms with van der Waals surface area (Å²) in [5, 5.41) is 11.6. The van der Waals surface area contributed by atoms with Crippen LogP contribution in [0.5, 0.6) is 0 Å². The third-order valence-corrected chi connectivity index (χ3v) is 6.04. The number of hydrogen-bond acceptors (Lipinski definition) is 0. The summed E-state index contributed by atoms with van der Waals surface area (Å²) in [7, 11) is 6.83. The van der Waals surface area contributed by atoms with Crippen LogP contribution in [-0.2, 0) is 21.7 Å². The van der Waals surface area contributed by atoms with Crippen LogP contribution in [0.4, 0.5) is 0 Å². The molecule has 1 radical (unpaired) electrons. The molecule has 1 aromatic heterocycles. The van der Waals surface area contributed by atoms with Gasteiger partial charge in [0.1, 0.15) is 0 Å². The van der Waals surface area contributed by atoms with E-state index in [9.17, 15) is 0 Å². The van der Waals surface area contributed by atoms with Crippen molar-refractivity contribution in [2.24, 2.45) is 0 Å². The summed E-state index contributed by atoms with van der Waals surface area (Å²) >= 11 is 0. The van der Waals surface area contributed by atoms with Crippen molar-refractivity contribution in [3.63, 3.8) is 0 Å². The number of nitrogens with zero attached hydrogens (tertiary/aromatic N) is 2. The molecule has 0 fully saturated rings. The standard InChI is InChI=1S/C13H16P.2C2H6N.Ti/c1-9-10(2)12(4)14(11(9)3)13-7-5-6-8-13;2*1-3-2;/h5,7H,6H2,1-4H3;2*1-2H3;/q3*-1;+3. The first-order valence-electron chi connectivity index (χ1n) is 6.84. The molecule has 0 atom stereocenters. The Morgan fingerprint density at radius 2 is 1.29 bits per heavy atom. The Bertz CT molecular complexity index is 446. The summed E-state index contributed by atoms with van der Waals surface area (Å²) < 4.78 is 0. The molecule has 21 heavy (non-hydrogen) atoms. The molecule has 1 aliphatic carbocycles. The van der Waals surface area contributed by atoms with Crippen LogP contribution in [0.2, 0.25) is 0 Å². The van der Waals surface area contributed by atoms with Crippen molar-refractivity contribution in [2.75, 3.05) is 28.2 Å². The Morgan fingerprint density at radius 3 is 1.57 bits per heavy atom. The monoisotopic (exact) mass is 339 g/mol. The molecule has 0 spiro atoms. The maximum absolute atomic E-state index is 3.50. The normalized spacial score (nSPS) is 11.7. The summed E-state index contributed by atoms with van der Waals surface area (Å²) in [5.41, 5.74) is 3.01. The molecule has 0 amide bonds. The molecule has 0 bridgehead atoms. The molecular weight excluding hydrogens is 311 g/mol. The van der Waals surface area contributed by atoms with Gasteiger partial charge in [-0.05, 0) is 49.4 Å². The fourth-order valence-electron chi connectivity index (χ4n) is 2.04. The molecule has 0 saturated carbocycles. The number of rotatable bonds is 1. The van der Waals surface area contributed by atoms with Gasteiger partial charge in [0.15, 0.2) is 0 Å². The molecule has 4 heteroatoms. The second-order valence-corrected chi connectivity index (χ2v) is 7.31. The van der Waals surface area contributed by atoms with Crippen LogP contribution >= 0.6 is 7.53 Å². The molecule has 0 aromatic carbocycles. The minimum atomic E-state index is -0.169. The quantitative estimate of drug-likeness (QED) is 0.460. The van der Waals surface area contributed by atoms with Crippen molar-refractivity contribution in [3.05, 3.63) is 50.6 Å². The molecule has 2 rings (SSSR count). The number of allylic oxidation sites excluding steroid dienone is 4. The zero-order chi connectivity index (χ0) is 15.7. The largest absolute Gasteiger partial charge is 3.00 e. The van der Waals surface area contributed by atoms with Crippen LogP contribution in [0, 0.1) is 33.8 Å². The molecule has 0 aliphatic heterocycles. The van der Waals surface area contributed by atoms with Gasteiger partial charge in [0, 0.05) is 0 Å². The second-order valence-electron chi connectivity index (χ2n) is 4.82. The van der Waals surface area contributed by atoms with Gasteiger partial charge in [0.05, 0.1) is 0 Å². The summed E-state index contributed by atoms with van der Waals surface area (Å²) in [6.45, 7) is 9.05. The van der Waals surface area contributed by atoms with Crippen molar-refractivity contribution >= 4 is 12.8 Å². The summed E-state index contributed by atoms with van der Waals surface area (Å²) in [6, 6.07) is 0. The molecular formula is C17H28N2PTi. The van der Waals surface area contributed by atoms with Crippen molar-refractivity contribution < 1.29 is 21.7 Å². The molecule has 1 aromatic rings. The molecule has 2 nitrogen and oxygen atoms in total. The summed E-state index contributed by atoms with van der Waals surface area (Å²) in [5.74, 6) is 0. The van der Waals surface area contributed by atoms with Gasteiger partial charge in [-0.3, -0.25) is 6.08 Å². The smallest absolute Gasteiger partial charge is 0.668 e. The maximum atomic E-state index is 3.50. The zero-order valence-corrected chi connectivity index (χ0v) is 17.2. The van der Waals surface area contributed by atoms with Crippen molar-refractivity contribution in [3.8, 4) is 0 Å². The van der Waals surface area contributed by atoms with E-state index in [4.69, 9.17) is 0 Å².